The Bertz CT molecular complexity index is 533. The van der Waals surface area contributed by atoms with Gasteiger partial charge in [-0.15, -0.1) is 0 Å². The second kappa shape index (κ2) is 6.72. The van der Waals surface area contributed by atoms with Crippen molar-refractivity contribution in [3.63, 3.8) is 0 Å². The number of rotatable bonds is 4. The molecule has 1 heterocycles. The van der Waals surface area contributed by atoms with Gasteiger partial charge in [-0.1, -0.05) is 6.07 Å². The van der Waals surface area contributed by atoms with E-state index in [-0.39, 0.29) is 17.6 Å². The van der Waals surface area contributed by atoms with E-state index in [0.717, 1.165) is 37.1 Å². The quantitative estimate of drug-likeness (QED) is 0.919. The fraction of sp³-hybridized carbons (Fsp3) is 0.500. The van der Waals surface area contributed by atoms with E-state index in [9.17, 15) is 9.59 Å². The third-order valence-electron chi connectivity index (χ3n) is 4.06. The lowest BCUT2D eigenvalue weighted by Gasteiger charge is -2.31. The first-order valence-electron chi connectivity index (χ1n) is 7.14. The molecule has 1 saturated heterocycles. The van der Waals surface area contributed by atoms with Crippen LogP contribution in [0.5, 0.6) is 0 Å². The molecule has 1 aliphatic rings. The number of aryl methyl sites for hydroxylation is 1. The molecule has 0 radical (unpaired) electrons. The standard InChI is InChI=1S/C16H21NO4/c1-11-9-13(16(19)20)4-3-12(11)10-15(18)17-7-5-14(21-2)6-8-17/h3-4,9,14H,5-8,10H2,1-2H3,(H,19,20). The minimum atomic E-state index is -0.947. The molecule has 1 aliphatic heterocycles. The largest absolute Gasteiger partial charge is 0.478 e. The Hall–Kier alpha value is -1.88. The fourth-order valence-electron chi connectivity index (χ4n) is 2.64. The van der Waals surface area contributed by atoms with Gasteiger partial charge in [0.1, 0.15) is 0 Å². The molecule has 21 heavy (non-hydrogen) atoms. The van der Waals surface area contributed by atoms with Crippen LogP contribution in [0.3, 0.4) is 0 Å². The van der Waals surface area contributed by atoms with Gasteiger partial charge in [0.2, 0.25) is 5.91 Å². The molecule has 1 aromatic carbocycles. The van der Waals surface area contributed by atoms with Crippen molar-refractivity contribution in [1.82, 2.24) is 4.90 Å². The summed E-state index contributed by atoms with van der Waals surface area (Å²) in [6, 6.07) is 4.90. The average Bonchev–Trinajstić information content (AvgIpc) is 2.49. The number of hydrogen-bond donors (Lipinski definition) is 1. The number of piperidine rings is 1. The van der Waals surface area contributed by atoms with Crippen molar-refractivity contribution in [3.05, 3.63) is 34.9 Å². The number of carboxylic acid groups (broad SMARTS) is 1. The van der Waals surface area contributed by atoms with Gasteiger partial charge in [0, 0.05) is 20.2 Å². The number of nitrogens with zero attached hydrogens (tertiary/aromatic N) is 1. The molecule has 0 aliphatic carbocycles. The van der Waals surface area contributed by atoms with E-state index >= 15 is 0 Å². The van der Waals surface area contributed by atoms with E-state index in [2.05, 4.69) is 0 Å². The summed E-state index contributed by atoms with van der Waals surface area (Å²) >= 11 is 0. The second-order valence-electron chi connectivity index (χ2n) is 5.44. The first kappa shape index (κ1) is 15.5. The van der Waals surface area contributed by atoms with E-state index in [0.29, 0.717) is 6.42 Å². The van der Waals surface area contributed by atoms with Crippen molar-refractivity contribution in [1.29, 1.82) is 0 Å². The maximum absolute atomic E-state index is 12.3. The zero-order valence-electron chi connectivity index (χ0n) is 12.5. The highest BCUT2D eigenvalue weighted by Crippen LogP contribution is 2.17. The Morgan fingerprint density at radius 1 is 1.33 bits per heavy atom. The molecular weight excluding hydrogens is 270 g/mol. The Labute approximate surface area is 124 Å². The molecule has 1 N–H and O–H groups in total. The molecular formula is C16H21NO4. The number of methoxy groups -OCH3 is 1. The zero-order chi connectivity index (χ0) is 15.4. The van der Waals surface area contributed by atoms with Gasteiger partial charge in [0.25, 0.3) is 0 Å². The third-order valence-corrected chi connectivity index (χ3v) is 4.06. The Balaban J connectivity index is 1.98. The van der Waals surface area contributed by atoms with E-state index in [4.69, 9.17) is 9.84 Å². The molecule has 0 atom stereocenters. The van der Waals surface area contributed by atoms with Crippen LogP contribution in [0.1, 0.15) is 34.3 Å². The number of carboxylic acids is 1. The minimum absolute atomic E-state index is 0.0933. The topological polar surface area (TPSA) is 66.8 Å². The molecule has 114 valence electrons. The first-order chi connectivity index (χ1) is 10.0. The van der Waals surface area contributed by atoms with Crippen molar-refractivity contribution in [2.24, 2.45) is 0 Å². The normalized spacial score (nSPS) is 16.0. The number of hydrogen-bond acceptors (Lipinski definition) is 3. The van der Waals surface area contributed by atoms with Crippen LogP contribution in [0.15, 0.2) is 18.2 Å². The fourth-order valence-corrected chi connectivity index (χ4v) is 2.64. The minimum Gasteiger partial charge on any atom is -0.478 e. The lowest BCUT2D eigenvalue weighted by Crippen LogP contribution is -2.41. The number of carbonyl (C=O) groups is 2. The van der Waals surface area contributed by atoms with Gasteiger partial charge in [-0.25, -0.2) is 4.79 Å². The summed E-state index contributed by atoms with van der Waals surface area (Å²) in [6.07, 6.45) is 2.33. The molecule has 0 saturated carbocycles. The molecule has 1 aromatic rings. The monoisotopic (exact) mass is 291 g/mol. The van der Waals surface area contributed by atoms with Crippen molar-refractivity contribution >= 4 is 11.9 Å². The van der Waals surface area contributed by atoms with Crippen LogP contribution in [0, 0.1) is 6.92 Å². The van der Waals surface area contributed by atoms with Crippen molar-refractivity contribution < 1.29 is 19.4 Å². The molecule has 0 spiro atoms. The van der Waals surface area contributed by atoms with Crippen LogP contribution in [0.2, 0.25) is 0 Å². The van der Waals surface area contributed by atoms with Crippen LogP contribution in [0.25, 0.3) is 0 Å². The van der Waals surface area contributed by atoms with Gasteiger partial charge < -0.3 is 14.7 Å². The molecule has 5 nitrogen and oxygen atoms in total. The van der Waals surface area contributed by atoms with E-state index in [1.54, 1.807) is 25.3 Å². The van der Waals surface area contributed by atoms with Gasteiger partial charge in [-0.3, -0.25) is 4.79 Å². The highest BCUT2D eigenvalue weighted by atomic mass is 16.5. The predicted molar refractivity (Wildman–Crippen MR) is 78.5 cm³/mol. The smallest absolute Gasteiger partial charge is 0.335 e. The summed E-state index contributed by atoms with van der Waals surface area (Å²) in [5.41, 5.74) is 1.98. The number of benzene rings is 1. The van der Waals surface area contributed by atoms with Gasteiger partial charge in [0.05, 0.1) is 18.1 Å². The summed E-state index contributed by atoms with van der Waals surface area (Å²) in [7, 11) is 1.70. The van der Waals surface area contributed by atoms with Gasteiger partial charge in [-0.2, -0.15) is 0 Å². The summed E-state index contributed by atoms with van der Waals surface area (Å²) in [5.74, 6) is -0.853. The summed E-state index contributed by atoms with van der Waals surface area (Å²) in [6.45, 7) is 3.29. The highest BCUT2D eigenvalue weighted by Gasteiger charge is 2.22. The van der Waals surface area contributed by atoms with Crippen LogP contribution >= 0.6 is 0 Å². The van der Waals surface area contributed by atoms with E-state index < -0.39 is 5.97 Å². The second-order valence-corrected chi connectivity index (χ2v) is 5.44. The molecule has 1 fully saturated rings. The molecule has 2 rings (SSSR count). The third kappa shape index (κ3) is 3.82. The average molecular weight is 291 g/mol. The van der Waals surface area contributed by atoms with Crippen molar-refractivity contribution in [3.8, 4) is 0 Å². The Kier molecular flexibility index (Phi) is 4.96. The number of likely N-dealkylation sites (tertiary alicyclic amines) is 1. The number of carbonyl (C=O) groups excluding carboxylic acids is 1. The summed E-state index contributed by atoms with van der Waals surface area (Å²) in [4.78, 5) is 25.1. The van der Waals surface area contributed by atoms with Crippen LogP contribution < -0.4 is 0 Å². The zero-order valence-corrected chi connectivity index (χ0v) is 12.5. The van der Waals surface area contributed by atoms with Crippen LogP contribution in [0.4, 0.5) is 0 Å². The maximum Gasteiger partial charge on any atom is 0.335 e. The predicted octanol–water partition coefficient (Wildman–Crippen LogP) is 1.87. The first-order valence-corrected chi connectivity index (χ1v) is 7.14. The Morgan fingerprint density at radius 2 is 2.00 bits per heavy atom. The lowest BCUT2D eigenvalue weighted by molar-refractivity contribution is -0.132. The molecule has 0 aromatic heterocycles. The van der Waals surface area contributed by atoms with Gasteiger partial charge >= 0.3 is 5.97 Å². The van der Waals surface area contributed by atoms with Gasteiger partial charge in [-0.05, 0) is 43.0 Å². The molecule has 1 amide bonds. The SMILES string of the molecule is COC1CCN(C(=O)Cc2ccc(C(=O)O)cc2C)CC1. The van der Waals surface area contributed by atoms with Crippen molar-refractivity contribution in [2.75, 3.05) is 20.2 Å². The van der Waals surface area contributed by atoms with Gasteiger partial charge in [0.15, 0.2) is 0 Å². The summed E-state index contributed by atoms with van der Waals surface area (Å²) in [5, 5.41) is 8.95. The molecule has 0 bridgehead atoms. The Morgan fingerprint density at radius 3 is 2.52 bits per heavy atom. The number of amides is 1. The van der Waals surface area contributed by atoms with Crippen molar-refractivity contribution in [2.45, 2.75) is 32.3 Å². The maximum atomic E-state index is 12.3. The van der Waals surface area contributed by atoms with Crippen LogP contribution in [-0.4, -0.2) is 48.2 Å². The molecule has 5 heteroatoms. The van der Waals surface area contributed by atoms with E-state index in [1.807, 2.05) is 11.8 Å². The lowest BCUT2D eigenvalue weighted by atomic mass is 10.0. The highest BCUT2D eigenvalue weighted by molar-refractivity contribution is 5.88. The summed E-state index contributed by atoms with van der Waals surface area (Å²) < 4.78 is 5.30. The number of aromatic carboxylic acids is 1. The number of ether oxygens (including phenoxy) is 1. The van der Waals surface area contributed by atoms with E-state index in [1.165, 1.54) is 0 Å². The van der Waals surface area contributed by atoms with Crippen LogP contribution in [-0.2, 0) is 16.0 Å². The molecule has 0 unspecified atom stereocenters.